The molecule has 0 amide bonds. The van der Waals surface area contributed by atoms with Crippen LogP contribution in [0.15, 0.2) is 60.3 Å². The molecular weight excluding hydrogens is 262 g/mol. The van der Waals surface area contributed by atoms with Gasteiger partial charge in [-0.2, -0.15) is 10.5 Å². The molecule has 0 spiro atoms. The molecule has 0 saturated heterocycles. The lowest BCUT2D eigenvalue weighted by Gasteiger charge is -2.06. The Morgan fingerprint density at radius 2 is 1.76 bits per heavy atom. The van der Waals surface area contributed by atoms with Crippen LogP contribution in [0.3, 0.4) is 0 Å². The molecule has 1 N–H and O–H groups in total. The quantitative estimate of drug-likeness (QED) is 0.864. The topological polar surface area (TPSA) is 68.8 Å². The zero-order valence-corrected chi connectivity index (χ0v) is 11.5. The van der Waals surface area contributed by atoms with E-state index in [0.29, 0.717) is 0 Å². The average Bonchev–Trinajstić information content (AvgIpc) is 2.56. The highest BCUT2D eigenvalue weighted by Gasteiger charge is 2.00. The Kier molecular flexibility index (Phi) is 4.58. The molecule has 21 heavy (non-hydrogen) atoms. The highest BCUT2D eigenvalue weighted by atomic mass is 16.5. The first-order valence-corrected chi connectivity index (χ1v) is 6.28. The second kappa shape index (κ2) is 6.79. The fourth-order valence-electron chi connectivity index (χ4n) is 1.81. The van der Waals surface area contributed by atoms with Gasteiger partial charge in [-0.05, 0) is 35.4 Å². The molecule has 2 aromatic carbocycles. The van der Waals surface area contributed by atoms with Crippen molar-refractivity contribution in [1.82, 2.24) is 0 Å². The number of anilines is 1. The zero-order valence-electron chi connectivity index (χ0n) is 11.5. The molecule has 2 rings (SSSR count). The van der Waals surface area contributed by atoms with Gasteiger partial charge in [0.1, 0.15) is 23.5 Å². The summed E-state index contributed by atoms with van der Waals surface area (Å²) in [6, 6.07) is 19.1. The summed E-state index contributed by atoms with van der Waals surface area (Å²) >= 11 is 0. The smallest absolute Gasteiger partial charge is 0.145 e. The van der Waals surface area contributed by atoms with Crippen molar-refractivity contribution in [2.45, 2.75) is 0 Å². The molecule has 0 heterocycles. The maximum Gasteiger partial charge on any atom is 0.145 e. The Bertz CT molecular complexity index is 718. The van der Waals surface area contributed by atoms with Crippen LogP contribution >= 0.6 is 0 Å². The van der Waals surface area contributed by atoms with Crippen LogP contribution in [0, 0.1) is 22.7 Å². The van der Waals surface area contributed by atoms with Crippen molar-refractivity contribution < 1.29 is 4.74 Å². The molecule has 0 saturated carbocycles. The lowest BCUT2D eigenvalue weighted by molar-refractivity contribution is 0.415. The van der Waals surface area contributed by atoms with Gasteiger partial charge in [0.25, 0.3) is 0 Å². The van der Waals surface area contributed by atoms with E-state index in [1.807, 2.05) is 48.5 Å². The number of hydrogen-bond acceptors (Lipinski definition) is 4. The van der Waals surface area contributed by atoms with Gasteiger partial charge in [-0.3, -0.25) is 0 Å². The summed E-state index contributed by atoms with van der Waals surface area (Å²) in [5.74, 6) is 0.810. The fourth-order valence-corrected chi connectivity index (χ4v) is 1.81. The summed E-state index contributed by atoms with van der Waals surface area (Å²) in [5.41, 5.74) is 2.96. The van der Waals surface area contributed by atoms with Crippen molar-refractivity contribution in [3.63, 3.8) is 0 Å². The molecule has 0 atom stereocenters. The Morgan fingerprint density at radius 1 is 1.05 bits per heavy atom. The third kappa shape index (κ3) is 3.62. The Hall–Kier alpha value is -3.24. The number of nitrogens with one attached hydrogen (secondary N) is 1. The van der Waals surface area contributed by atoms with E-state index in [0.717, 1.165) is 22.6 Å². The number of methoxy groups -OCH3 is 1. The standard InChI is InChI=1S/C17H13N3O/c1-21-17-4-2-3-15(9-17)14-5-7-16(8-6-14)20-12-13(10-18)11-19/h2-9,12,20H,1H3. The van der Waals surface area contributed by atoms with Crippen molar-refractivity contribution in [1.29, 1.82) is 10.5 Å². The van der Waals surface area contributed by atoms with E-state index in [2.05, 4.69) is 5.32 Å². The second-order valence-electron chi connectivity index (χ2n) is 4.24. The molecule has 0 aromatic heterocycles. The van der Waals surface area contributed by atoms with Crippen LogP contribution in [-0.4, -0.2) is 7.11 Å². The molecule has 4 heteroatoms. The summed E-state index contributed by atoms with van der Waals surface area (Å²) in [7, 11) is 1.64. The first-order chi connectivity index (χ1) is 10.3. The number of hydrogen-bond donors (Lipinski definition) is 1. The Morgan fingerprint density at radius 3 is 2.38 bits per heavy atom. The largest absolute Gasteiger partial charge is 0.497 e. The Labute approximate surface area is 123 Å². The first-order valence-electron chi connectivity index (χ1n) is 6.28. The summed E-state index contributed by atoms with van der Waals surface area (Å²) in [6.45, 7) is 0. The van der Waals surface area contributed by atoms with Crippen LogP contribution in [0.5, 0.6) is 5.75 Å². The minimum absolute atomic E-state index is 0.0341. The predicted molar refractivity (Wildman–Crippen MR) is 81.4 cm³/mol. The number of benzene rings is 2. The average molecular weight is 275 g/mol. The van der Waals surface area contributed by atoms with E-state index >= 15 is 0 Å². The molecule has 4 nitrogen and oxygen atoms in total. The van der Waals surface area contributed by atoms with Gasteiger partial charge in [0, 0.05) is 11.9 Å². The normalized spacial score (nSPS) is 9.10. The van der Waals surface area contributed by atoms with E-state index in [1.54, 1.807) is 19.2 Å². The zero-order chi connectivity index (χ0) is 15.1. The number of ether oxygens (including phenoxy) is 1. The highest BCUT2D eigenvalue weighted by molar-refractivity contribution is 5.67. The van der Waals surface area contributed by atoms with Gasteiger partial charge in [-0.25, -0.2) is 0 Å². The van der Waals surface area contributed by atoms with Crippen LogP contribution in [0.25, 0.3) is 11.1 Å². The van der Waals surface area contributed by atoms with Crippen molar-refractivity contribution in [2.24, 2.45) is 0 Å². The van der Waals surface area contributed by atoms with E-state index < -0.39 is 0 Å². The molecule has 2 aromatic rings. The molecule has 0 aliphatic rings. The molecule has 0 aliphatic carbocycles. The molecule has 0 fully saturated rings. The minimum atomic E-state index is 0.0341. The molecule has 102 valence electrons. The van der Waals surface area contributed by atoms with Gasteiger partial charge >= 0.3 is 0 Å². The molecule has 0 bridgehead atoms. The molecular formula is C17H13N3O. The highest BCUT2D eigenvalue weighted by Crippen LogP contribution is 2.25. The van der Waals surface area contributed by atoms with E-state index in [9.17, 15) is 0 Å². The number of allylic oxidation sites excluding steroid dienone is 1. The van der Waals surface area contributed by atoms with Crippen LogP contribution in [0.2, 0.25) is 0 Å². The second-order valence-corrected chi connectivity index (χ2v) is 4.24. The van der Waals surface area contributed by atoms with Gasteiger partial charge in [0.05, 0.1) is 7.11 Å². The lowest BCUT2D eigenvalue weighted by atomic mass is 10.1. The number of nitriles is 2. The van der Waals surface area contributed by atoms with Crippen molar-refractivity contribution in [3.8, 4) is 29.0 Å². The van der Waals surface area contributed by atoms with Gasteiger partial charge in [-0.15, -0.1) is 0 Å². The number of rotatable bonds is 4. The van der Waals surface area contributed by atoms with Crippen LogP contribution in [0.4, 0.5) is 5.69 Å². The Balaban J connectivity index is 2.18. The van der Waals surface area contributed by atoms with Crippen LogP contribution in [0.1, 0.15) is 0 Å². The predicted octanol–water partition coefficient (Wildman–Crippen LogP) is 3.71. The lowest BCUT2D eigenvalue weighted by Crippen LogP contribution is -1.90. The van der Waals surface area contributed by atoms with E-state index in [4.69, 9.17) is 15.3 Å². The van der Waals surface area contributed by atoms with Crippen molar-refractivity contribution in [3.05, 3.63) is 60.3 Å². The molecule has 0 aliphatic heterocycles. The molecule has 0 radical (unpaired) electrons. The van der Waals surface area contributed by atoms with Crippen molar-refractivity contribution in [2.75, 3.05) is 12.4 Å². The summed E-state index contributed by atoms with van der Waals surface area (Å²) in [4.78, 5) is 0. The van der Waals surface area contributed by atoms with Crippen molar-refractivity contribution >= 4 is 5.69 Å². The monoisotopic (exact) mass is 275 g/mol. The SMILES string of the molecule is COc1cccc(-c2ccc(NC=C(C#N)C#N)cc2)c1. The third-order valence-electron chi connectivity index (χ3n) is 2.91. The van der Waals surface area contributed by atoms with Gasteiger partial charge in [0.2, 0.25) is 0 Å². The van der Waals surface area contributed by atoms with Gasteiger partial charge in [-0.1, -0.05) is 24.3 Å². The third-order valence-corrected chi connectivity index (χ3v) is 2.91. The first kappa shape index (κ1) is 14.2. The van der Waals surface area contributed by atoms with E-state index in [1.165, 1.54) is 6.20 Å². The maximum absolute atomic E-state index is 8.65. The van der Waals surface area contributed by atoms with Gasteiger partial charge < -0.3 is 10.1 Å². The maximum atomic E-state index is 8.65. The fraction of sp³-hybridized carbons (Fsp3) is 0.0588. The molecule has 0 unspecified atom stereocenters. The summed E-state index contributed by atoms with van der Waals surface area (Å²) in [5, 5.41) is 20.2. The van der Waals surface area contributed by atoms with Crippen LogP contribution in [-0.2, 0) is 0 Å². The van der Waals surface area contributed by atoms with Gasteiger partial charge in [0.15, 0.2) is 0 Å². The van der Waals surface area contributed by atoms with Crippen LogP contribution < -0.4 is 10.1 Å². The van der Waals surface area contributed by atoms with E-state index in [-0.39, 0.29) is 5.57 Å². The summed E-state index contributed by atoms with van der Waals surface area (Å²) < 4.78 is 5.21. The number of nitrogens with zero attached hydrogens (tertiary/aromatic N) is 2. The summed E-state index contributed by atoms with van der Waals surface area (Å²) in [6.07, 6.45) is 1.39. The minimum Gasteiger partial charge on any atom is -0.497 e.